The molecule has 0 N–H and O–H groups in total. The van der Waals surface area contributed by atoms with Crippen molar-refractivity contribution in [1.29, 1.82) is 10.5 Å². The molecule has 70 heavy (non-hydrogen) atoms. The van der Waals surface area contributed by atoms with Crippen LogP contribution in [0.3, 0.4) is 0 Å². The Kier molecular flexibility index (Phi) is 10.1. The lowest BCUT2D eigenvalue weighted by molar-refractivity contribution is 0.590. The van der Waals surface area contributed by atoms with Crippen LogP contribution in [0.5, 0.6) is 0 Å². The van der Waals surface area contributed by atoms with E-state index in [1.165, 1.54) is 49.3 Å². The van der Waals surface area contributed by atoms with Crippen molar-refractivity contribution in [1.82, 2.24) is 19.1 Å². The minimum Gasteiger partial charge on any atom is -0.309 e. The lowest BCUT2D eigenvalue weighted by Gasteiger charge is -2.19. The molecule has 12 rings (SSSR count). The maximum atomic E-state index is 9.47. The molecule has 0 saturated carbocycles. The first-order valence-electron chi connectivity index (χ1n) is 23.5. The standard InChI is InChI=1S/C64H44N6/c1-64(2,3)48-30-34-50(35-31-48)70-59-19-10-7-14-51(59)61-53(43-12-5-4-6-13-43)38-60-62(63(61)70)52-15-8-9-18-58(52)69(60)49-32-28-44(29-33-49)54-16-11-17-55(67-54)47-36-56(45-24-20-41(39-65)21-25-45)68-57(37-47)46-26-22-42(40-66)23-27-46/h4-38H,1-3H3. The van der Waals surface area contributed by atoms with Crippen LogP contribution < -0.4 is 0 Å². The summed E-state index contributed by atoms with van der Waals surface area (Å²) in [5.74, 6) is 0. The van der Waals surface area contributed by atoms with Crippen LogP contribution in [0.2, 0.25) is 0 Å². The molecule has 0 amide bonds. The van der Waals surface area contributed by atoms with Crippen molar-refractivity contribution in [2.24, 2.45) is 0 Å². The predicted molar refractivity (Wildman–Crippen MR) is 286 cm³/mol. The van der Waals surface area contributed by atoms with Crippen LogP contribution in [0, 0.1) is 22.7 Å². The first-order chi connectivity index (χ1) is 34.2. The van der Waals surface area contributed by atoms with E-state index in [0.717, 1.165) is 67.4 Å². The summed E-state index contributed by atoms with van der Waals surface area (Å²) in [4.78, 5) is 10.3. The van der Waals surface area contributed by atoms with Gasteiger partial charge in [-0.2, -0.15) is 10.5 Å². The summed E-state index contributed by atoms with van der Waals surface area (Å²) in [6.07, 6.45) is 0. The van der Waals surface area contributed by atoms with Crippen LogP contribution in [0.15, 0.2) is 212 Å². The molecule has 0 unspecified atom stereocenters. The van der Waals surface area contributed by atoms with E-state index in [1.54, 1.807) is 0 Å². The van der Waals surface area contributed by atoms with E-state index < -0.39 is 0 Å². The molecule has 0 fully saturated rings. The van der Waals surface area contributed by atoms with Gasteiger partial charge in [0.15, 0.2) is 0 Å². The van der Waals surface area contributed by atoms with Gasteiger partial charge in [0.05, 0.1) is 68.1 Å². The zero-order valence-electron chi connectivity index (χ0n) is 38.9. The van der Waals surface area contributed by atoms with Gasteiger partial charge in [-0.1, -0.05) is 142 Å². The van der Waals surface area contributed by atoms with Crippen LogP contribution in [0.4, 0.5) is 0 Å². The molecule has 330 valence electrons. The van der Waals surface area contributed by atoms with Crippen LogP contribution in [-0.2, 0) is 5.41 Å². The van der Waals surface area contributed by atoms with Gasteiger partial charge in [0, 0.05) is 55.2 Å². The zero-order valence-corrected chi connectivity index (χ0v) is 38.9. The van der Waals surface area contributed by atoms with Gasteiger partial charge in [-0.05, 0) is 113 Å². The maximum Gasteiger partial charge on any atom is 0.0991 e. The van der Waals surface area contributed by atoms with E-state index in [1.807, 2.05) is 72.8 Å². The SMILES string of the molecule is CC(C)(C)c1ccc(-n2c3ccccc3c3c(-c4ccccc4)cc4c(c5ccccc5n4-c4ccc(-c5cccc(-c6cc(-c7ccc(C#N)cc7)nc(-c7ccc(C#N)cc7)c6)n5)cc4)c32)cc1. The van der Waals surface area contributed by atoms with Gasteiger partial charge in [-0.3, -0.25) is 0 Å². The van der Waals surface area contributed by atoms with Gasteiger partial charge >= 0.3 is 0 Å². The normalized spacial score (nSPS) is 11.6. The molecule has 0 spiro atoms. The number of para-hydroxylation sites is 2. The van der Waals surface area contributed by atoms with Gasteiger partial charge in [0.2, 0.25) is 0 Å². The summed E-state index contributed by atoms with van der Waals surface area (Å²) in [6, 6.07) is 78.3. The number of aromatic nitrogens is 4. The van der Waals surface area contributed by atoms with Crippen molar-refractivity contribution in [3.05, 3.63) is 229 Å². The second-order valence-electron chi connectivity index (χ2n) is 18.9. The minimum atomic E-state index is 0.0324. The Morgan fingerprint density at radius 1 is 0.386 bits per heavy atom. The van der Waals surface area contributed by atoms with E-state index in [2.05, 4.69) is 182 Å². The van der Waals surface area contributed by atoms with E-state index in [4.69, 9.17) is 9.97 Å². The third kappa shape index (κ3) is 7.19. The van der Waals surface area contributed by atoms with E-state index >= 15 is 0 Å². The fourth-order valence-electron chi connectivity index (χ4n) is 10.0. The van der Waals surface area contributed by atoms with Crippen molar-refractivity contribution in [2.45, 2.75) is 26.2 Å². The Hall–Kier alpha value is -9.36. The van der Waals surface area contributed by atoms with Crippen molar-refractivity contribution in [3.63, 3.8) is 0 Å². The monoisotopic (exact) mass is 896 g/mol. The van der Waals surface area contributed by atoms with Crippen molar-refractivity contribution in [3.8, 4) is 79.7 Å². The topological polar surface area (TPSA) is 83.2 Å². The highest BCUT2D eigenvalue weighted by Crippen LogP contribution is 2.47. The quantitative estimate of drug-likeness (QED) is 0.160. The van der Waals surface area contributed by atoms with E-state index in [9.17, 15) is 10.5 Å². The number of nitrogens with zero attached hydrogens (tertiary/aromatic N) is 6. The van der Waals surface area contributed by atoms with Crippen molar-refractivity contribution in [2.75, 3.05) is 0 Å². The van der Waals surface area contributed by atoms with Crippen LogP contribution in [-0.4, -0.2) is 19.1 Å². The number of rotatable bonds is 7. The maximum absolute atomic E-state index is 9.47. The molecular formula is C64H44N6. The highest BCUT2D eigenvalue weighted by molar-refractivity contribution is 6.29. The fraction of sp³-hybridized carbons (Fsp3) is 0.0625. The Balaban J connectivity index is 1.02. The predicted octanol–water partition coefficient (Wildman–Crippen LogP) is 16.0. The molecule has 12 aromatic rings. The summed E-state index contributed by atoms with van der Waals surface area (Å²) in [5.41, 5.74) is 18.5. The number of benzene rings is 8. The van der Waals surface area contributed by atoms with Gasteiger partial charge in [-0.25, -0.2) is 9.97 Å². The van der Waals surface area contributed by atoms with E-state index in [-0.39, 0.29) is 5.41 Å². The van der Waals surface area contributed by atoms with E-state index in [0.29, 0.717) is 11.1 Å². The summed E-state index contributed by atoms with van der Waals surface area (Å²) >= 11 is 0. The molecule has 0 bridgehead atoms. The van der Waals surface area contributed by atoms with Gasteiger partial charge in [0.25, 0.3) is 0 Å². The molecule has 0 radical (unpaired) electrons. The van der Waals surface area contributed by atoms with Gasteiger partial charge in [0.1, 0.15) is 0 Å². The molecular weight excluding hydrogens is 853 g/mol. The molecule has 6 nitrogen and oxygen atoms in total. The van der Waals surface area contributed by atoms with Gasteiger partial charge < -0.3 is 9.13 Å². The number of fused-ring (bicyclic) bond motifs is 7. The third-order valence-electron chi connectivity index (χ3n) is 13.6. The smallest absolute Gasteiger partial charge is 0.0991 e. The summed E-state index contributed by atoms with van der Waals surface area (Å²) in [7, 11) is 0. The molecule has 4 heterocycles. The molecule has 0 aliphatic carbocycles. The third-order valence-corrected chi connectivity index (χ3v) is 13.6. The van der Waals surface area contributed by atoms with Crippen LogP contribution in [0.1, 0.15) is 37.5 Å². The Labute approximate surface area is 406 Å². The molecule has 0 saturated heterocycles. The number of hydrogen-bond acceptors (Lipinski definition) is 4. The van der Waals surface area contributed by atoms with Crippen molar-refractivity contribution < 1.29 is 0 Å². The van der Waals surface area contributed by atoms with Gasteiger partial charge in [-0.15, -0.1) is 0 Å². The second-order valence-corrected chi connectivity index (χ2v) is 18.9. The average molecular weight is 897 g/mol. The highest BCUT2D eigenvalue weighted by Gasteiger charge is 2.25. The molecule has 4 aromatic heterocycles. The number of hydrogen-bond donors (Lipinski definition) is 0. The average Bonchev–Trinajstić information content (AvgIpc) is 3.94. The number of pyridine rings is 2. The molecule has 0 aliphatic rings. The summed E-state index contributed by atoms with van der Waals surface area (Å²) in [5, 5.41) is 23.8. The van der Waals surface area contributed by atoms with Crippen LogP contribution >= 0.6 is 0 Å². The first kappa shape index (κ1) is 42.0. The summed E-state index contributed by atoms with van der Waals surface area (Å²) in [6.45, 7) is 6.80. The fourth-order valence-corrected chi connectivity index (χ4v) is 10.0. The number of nitriles is 2. The Bertz CT molecular complexity index is 3990. The summed E-state index contributed by atoms with van der Waals surface area (Å²) < 4.78 is 4.90. The lowest BCUT2D eigenvalue weighted by Crippen LogP contribution is -2.10. The molecule has 6 heteroatoms. The lowest BCUT2D eigenvalue weighted by atomic mass is 9.87. The minimum absolute atomic E-state index is 0.0324. The van der Waals surface area contributed by atoms with Crippen LogP contribution in [0.25, 0.3) is 111 Å². The largest absolute Gasteiger partial charge is 0.309 e. The Morgan fingerprint density at radius 3 is 1.44 bits per heavy atom. The molecule has 0 aliphatic heterocycles. The zero-order chi connectivity index (χ0) is 47.5. The van der Waals surface area contributed by atoms with Crippen molar-refractivity contribution >= 4 is 43.6 Å². The first-order valence-corrected chi connectivity index (χ1v) is 23.5. The Morgan fingerprint density at radius 2 is 0.857 bits per heavy atom. The molecule has 0 atom stereocenters. The molecule has 8 aromatic carbocycles. The highest BCUT2D eigenvalue weighted by atomic mass is 15.0. The second kappa shape index (κ2) is 16.8.